The van der Waals surface area contributed by atoms with Crippen molar-refractivity contribution >= 4 is 0 Å². The number of hydrogen-bond acceptors (Lipinski definition) is 2. The molecule has 0 N–H and O–H groups in total. The minimum absolute atomic E-state index is 0.185. The largest absolute Gasteiger partial charge is 0.299 e. The second-order valence-corrected chi connectivity index (χ2v) is 6.73. The van der Waals surface area contributed by atoms with Gasteiger partial charge in [-0.25, -0.2) is 0 Å². The topological polar surface area (TPSA) is 21.1 Å². The van der Waals surface area contributed by atoms with Gasteiger partial charge in [-0.3, -0.25) is 9.58 Å². The third kappa shape index (κ3) is 2.33. The van der Waals surface area contributed by atoms with Crippen molar-refractivity contribution in [3.8, 4) is 0 Å². The van der Waals surface area contributed by atoms with Crippen molar-refractivity contribution in [2.45, 2.75) is 65.5 Å². The summed E-state index contributed by atoms with van der Waals surface area (Å²) >= 11 is 0. The van der Waals surface area contributed by atoms with Gasteiger partial charge in [-0.1, -0.05) is 34.6 Å². The number of hydrogen-bond donors (Lipinski definition) is 0. The van der Waals surface area contributed by atoms with Crippen LogP contribution in [0.3, 0.4) is 0 Å². The molecule has 0 bridgehead atoms. The Bertz CT molecular complexity index is 426. The van der Waals surface area contributed by atoms with E-state index in [-0.39, 0.29) is 5.41 Å². The molecule has 0 aromatic carbocycles. The van der Waals surface area contributed by atoms with E-state index >= 15 is 0 Å². The lowest BCUT2D eigenvalue weighted by Crippen LogP contribution is -2.32. The van der Waals surface area contributed by atoms with E-state index in [0.29, 0.717) is 5.92 Å². The van der Waals surface area contributed by atoms with Crippen LogP contribution in [0.15, 0.2) is 0 Å². The number of fused-ring (bicyclic) bond motifs is 1. The van der Waals surface area contributed by atoms with Gasteiger partial charge in [-0.15, -0.1) is 0 Å². The zero-order valence-electron chi connectivity index (χ0n) is 12.7. The molecular formula is C15H27N3. The van der Waals surface area contributed by atoms with Crippen molar-refractivity contribution in [2.24, 2.45) is 0 Å². The van der Waals surface area contributed by atoms with E-state index in [0.717, 1.165) is 26.1 Å². The molecule has 102 valence electrons. The summed E-state index contributed by atoms with van der Waals surface area (Å²) in [5.41, 5.74) is 4.44. The lowest BCUT2D eigenvalue weighted by molar-refractivity contribution is 0.256. The van der Waals surface area contributed by atoms with Gasteiger partial charge >= 0.3 is 0 Å². The minimum atomic E-state index is 0.185. The van der Waals surface area contributed by atoms with Gasteiger partial charge in [0.2, 0.25) is 0 Å². The first-order valence-corrected chi connectivity index (χ1v) is 7.13. The van der Waals surface area contributed by atoms with Crippen LogP contribution < -0.4 is 0 Å². The fourth-order valence-electron chi connectivity index (χ4n) is 2.82. The van der Waals surface area contributed by atoms with Crippen molar-refractivity contribution < 1.29 is 0 Å². The highest BCUT2D eigenvalue weighted by atomic mass is 15.3. The molecule has 0 radical (unpaired) electrons. The maximum atomic E-state index is 4.91. The molecule has 0 aliphatic carbocycles. The Morgan fingerprint density at radius 2 is 1.94 bits per heavy atom. The fourth-order valence-corrected chi connectivity index (χ4v) is 2.82. The SMILES string of the molecule is CCC(C)c1nn2c(c1C(C)(C)C)CN(C)CC2. The quantitative estimate of drug-likeness (QED) is 0.803. The highest BCUT2D eigenvalue weighted by molar-refractivity contribution is 5.35. The molecular weight excluding hydrogens is 222 g/mol. The smallest absolute Gasteiger partial charge is 0.0693 e. The molecule has 0 saturated heterocycles. The Labute approximate surface area is 111 Å². The molecule has 1 atom stereocenters. The Morgan fingerprint density at radius 1 is 1.28 bits per heavy atom. The molecule has 3 nitrogen and oxygen atoms in total. The van der Waals surface area contributed by atoms with Gasteiger partial charge in [0.1, 0.15) is 0 Å². The van der Waals surface area contributed by atoms with E-state index in [9.17, 15) is 0 Å². The molecule has 1 unspecified atom stereocenters. The van der Waals surface area contributed by atoms with Crippen molar-refractivity contribution in [3.05, 3.63) is 17.0 Å². The molecule has 3 heteroatoms. The van der Waals surface area contributed by atoms with Crippen LogP contribution in [0.2, 0.25) is 0 Å². The average molecular weight is 249 g/mol. The summed E-state index contributed by atoms with van der Waals surface area (Å²) in [6, 6.07) is 0. The zero-order valence-corrected chi connectivity index (χ0v) is 12.7. The van der Waals surface area contributed by atoms with Gasteiger partial charge in [0.25, 0.3) is 0 Å². The summed E-state index contributed by atoms with van der Waals surface area (Å²) in [7, 11) is 2.20. The molecule has 2 heterocycles. The van der Waals surface area contributed by atoms with Crippen molar-refractivity contribution in [3.63, 3.8) is 0 Å². The van der Waals surface area contributed by atoms with Crippen molar-refractivity contribution in [1.29, 1.82) is 0 Å². The molecule has 1 aromatic rings. The van der Waals surface area contributed by atoms with Crippen molar-refractivity contribution in [1.82, 2.24) is 14.7 Å². The van der Waals surface area contributed by atoms with E-state index in [1.807, 2.05) is 0 Å². The summed E-state index contributed by atoms with van der Waals surface area (Å²) in [4.78, 5) is 2.40. The summed E-state index contributed by atoms with van der Waals surface area (Å²) in [6.07, 6.45) is 1.16. The monoisotopic (exact) mass is 249 g/mol. The molecule has 0 spiro atoms. The Kier molecular flexibility index (Phi) is 3.54. The molecule has 2 rings (SSSR count). The second kappa shape index (κ2) is 4.69. The van der Waals surface area contributed by atoms with E-state index in [1.165, 1.54) is 17.0 Å². The first-order valence-electron chi connectivity index (χ1n) is 7.13. The fraction of sp³-hybridized carbons (Fsp3) is 0.800. The summed E-state index contributed by atoms with van der Waals surface area (Å²) < 4.78 is 2.25. The lowest BCUT2D eigenvalue weighted by Gasteiger charge is -2.28. The van der Waals surface area contributed by atoms with Gasteiger partial charge in [0.15, 0.2) is 0 Å². The number of aromatic nitrogens is 2. The maximum absolute atomic E-state index is 4.91. The molecule has 1 aliphatic rings. The zero-order chi connectivity index (χ0) is 13.5. The number of rotatable bonds is 2. The van der Waals surface area contributed by atoms with Gasteiger partial charge in [0, 0.05) is 24.6 Å². The molecule has 0 amide bonds. The predicted octanol–water partition coefficient (Wildman–Crippen LogP) is 3.14. The Hall–Kier alpha value is -0.830. The highest BCUT2D eigenvalue weighted by Gasteiger charge is 2.31. The first kappa shape index (κ1) is 13.6. The van der Waals surface area contributed by atoms with Crippen LogP contribution >= 0.6 is 0 Å². The molecule has 0 saturated carbocycles. The maximum Gasteiger partial charge on any atom is 0.0693 e. The molecule has 18 heavy (non-hydrogen) atoms. The summed E-state index contributed by atoms with van der Waals surface area (Å²) in [5.74, 6) is 0.558. The lowest BCUT2D eigenvalue weighted by atomic mass is 9.81. The van der Waals surface area contributed by atoms with Gasteiger partial charge < -0.3 is 0 Å². The average Bonchev–Trinajstić information content (AvgIpc) is 2.65. The van der Waals surface area contributed by atoms with Crippen LogP contribution in [-0.4, -0.2) is 28.3 Å². The van der Waals surface area contributed by atoms with Crippen molar-refractivity contribution in [2.75, 3.05) is 13.6 Å². The molecule has 1 aliphatic heterocycles. The molecule has 1 aromatic heterocycles. The van der Waals surface area contributed by atoms with E-state index < -0.39 is 0 Å². The van der Waals surface area contributed by atoms with Crippen LogP contribution in [-0.2, 0) is 18.5 Å². The third-order valence-corrected chi connectivity index (χ3v) is 4.03. The Morgan fingerprint density at radius 3 is 2.50 bits per heavy atom. The third-order valence-electron chi connectivity index (χ3n) is 4.03. The Balaban J connectivity index is 2.55. The van der Waals surface area contributed by atoms with Crippen LogP contribution in [0.1, 0.15) is 63.9 Å². The van der Waals surface area contributed by atoms with Crippen LogP contribution in [0.25, 0.3) is 0 Å². The van der Waals surface area contributed by atoms with Crippen LogP contribution in [0, 0.1) is 0 Å². The normalized spacial score (nSPS) is 18.8. The predicted molar refractivity (Wildman–Crippen MR) is 76.0 cm³/mol. The van der Waals surface area contributed by atoms with E-state index in [4.69, 9.17) is 5.10 Å². The van der Waals surface area contributed by atoms with Crippen LogP contribution in [0.5, 0.6) is 0 Å². The van der Waals surface area contributed by atoms with Gasteiger partial charge in [-0.2, -0.15) is 5.10 Å². The van der Waals surface area contributed by atoms with Crippen LogP contribution in [0.4, 0.5) is 0 Å². The molecule has 0 fully saturated rings. The summed E-state index contributed by atoms with van der Waals surface area (Å²) in [6.45, 7) is 14.7. The highest BCUT2D eigenvalue weighted by Crippen LogP contribution is 2.35. The van der Waals surface area contributed by atoms with Gasteiger partial charge in [-0.05, 0) is 18.9 Å². The minimum Gasteiger partial charge on any atom is -0.299 e. The second-order valence-electron chi connectivity index (χ2n) is 6.73. The van der Waals surface area contributed by atoms with Gasteiger partial charge in [0.05, 0.1) is 17.9 Å². The van der Waals surface area contributed by atoms with E-state index in [2.05, 4.69) is 51.2 Å². The number of likely N-dealkylation sites (N-methyl/N-ethyl adjacent to an activating group) is 1. The van der Waals surface area contributed by atoms with E-state index in [1.54, 1.807) is 0 Å². The summed E-state index contributed by atoms with van der Waals surface area (Å²) in [5, 5.41) is 4.91. The number of nitrogens with zero attached hydrogens (tertiary/aromatic N) is 3. The first-order chi connectivity index (χ1) is 8.34. The standard InChI is InChI=1S/C15H27N3/c1-7-11(2)14-13(15(3,4)5)12-10-17(6)8-9-18(12)16-14/h11H,7-10H2,1-6H3.